The maximum atomic E-state index is 13.7. The van der Waals surface area contributed by atoms with Crippen molar-refractivity contribution in [2.24, 2.45) is 5.73 Å². The molecular weight excluding hydrogens is 620 g/mol. The fraction of sp³-hybridized carbons (Fsp3) is 0.500. The molecule has 0 saturated heterocycles. The van der Waals surface area contributed by atoms with Crippen LogP contribution in [-0.4, -0.2) is 82.6 Å². The highest BCUT2D eigenvalue weighted by Gasteiger charge is 2.32. The van der Waals surface area contributed by atoms with Gasteiger partial charge in [-0.15, -0.1) is 0 Å². The van der Waals surface area contributed by atoms with Gasteiger partial charge in [-0.25, -0.2) is 0 Å². The van der Waals surface area contributed by atoms with E-state index < -0.39 is 72.1 Å². The second-order valence-electron chi connectivity index (χ2n) is 12.1. The van der Waals surface area contributed by atoms with Crippen LogP contribution < -0.4 is 32.3 Å². The quantitative estimate of drug-likeness (QED) is 0.106. The Morgan fingerprint density at radius 2 is 1.23 bits per heavy atom. The van der Waals surface area contributed by atoms with Gasteiger partial charge in [-0.05, 0) is 43.0 Å². The minimum atomic E-state index is -1.44. The Morgan fingerprint density at radius 3 is 1.81 bits per heavy atom. The van der Waals surface area contributed by atoms with Crippen LogP contribution in [0.3, 0.4) is 0 Å². The number of carbonyl (C=O) groups excluding carboxylic acids is 6. The number of rotatable bonds is 20. The lowest BCUT2D eigenvalue weighted by atomic mass is 9.97. The van der Waals surface area contributed by atoms with Crippen molar-refractivity contribution in [1.82, 2.24) is 26.6 Å². The van der Waals surface area contributed by atoms with Gasteiger partial charge in [-0.3, -0.25) is 33.6 Å². The summed E-state index contributed by atoms with van der Waals surface area (Å²) in [5.74, 6) is -5.04. The number of nitrogens with two attached hydrogens (primary N) is 1. The minimum Gasteiger partial charge on any atom is -0.481 e. The average molecular weight is 669 g/mol. The highest BCUT2D eigenvalue weighted by Crippen LogP contribution is 2.20. The van der Waals surface area contributed by atoms with Crippen molar-refractivity contribution in [2.75, 3.05) is 0 Å². The number of benzene rings is 2. The standard InChI is InChI=1S/C34H48N6O8/c1-6-28(41)20(4)37-34(48)27(18-23-12-9-11-22-10-7-8-13-24(22)23)40-33(47)26(15-17-30(43)44)39-32(46)25(14-16-29(35)42)38-31(45)21(5)36-19(2)3/h7-13,19-21,25-27,36H,6,14-18H2,1-5H3,(H2,35,42)(H,37,48)(H,38,45)(H,39,46)(H,40,47)(H,43,44)/t20-,21-,25+,26+,27+/m1/s1. The number of primary amides is 1. The van der Waals surface area contributed by atoms with Crippen LogP contribution in [0, 0.1) is 0 Å². The lowest BCUT2D eigenvalue weighted by molar-refractivity contribution is -0.138. The van der Waals surface area contributed by atoms with E-state index in [4.69, 9.17) is 5.73 Å². The molecule has 0 bridgehead atoms. The molecule has 0 heterocycles. The second kappa shape index (κ2) is 19.1. The SMILES string of the molecule is CCC(=O)[C@@H](C)NC(=O)[C@H](Cc1cccc2ccccc12)NC(=O)[C@H](CCC(=O)O)NC(=O)[C@H](CCC(N)=O)NC(=O)[C@@H](C)NC(C)C. The Morgan fingerprint density at radius 1 is 0.688 bits per heavy atom. The number of Topliss-reactive ketones (excluding diaryl/α,β-unsaturated/α-hetero) is 1. The molecule has 5 atom stereocenters. The van der Waals surface area contributed by atoms with E-state index in [1.165, 1.54) is 6.92 Å². The first-order valence-electron chi connectivity index (χ1n) is 16.1. The van der Waals surface area contributed by atoms with Gasteiger partial charge in [-0.1, -0.05) is 63.2 Å². The third kappa shape index (κ3) is 12.7. The normalized spacial score (nSPS) is 14.2. The molecule has 0 aliphatic heterocycles. The van der Waals surface area contributed by atoms with Gasteiger partial charge in [-0.2, -0.15) is 0 Å². The van der Waals surface area contributed by atoms with Crippen LogP contribution in [0.15, 0.2) is 42.5 Å². The van der Waals surface area contributed by atoms with Crippen LogP contribution in [-0.2, 0) is 40.0 Å². The highest BCUT2D eigenvalue weighted by atomic mass is 16.4. The smallest absolute Gasteiger partial charge is 0.303 e. The Labute approximate surface area is 280 Å². The summed E-state index contributed by atoms with van der Waals surface area (Å²) in [6, 6.07) is 7.49. The van der Waals surface area contributed by atoms with Gasteiger partial charge in [0.1, 0.15) is 18.1 Å². The zero-order chi connectivity index (χ0) is 36.0. The van der Waals surface area contributed by atoms with E-state index in [9.17, 15) is 38.7 Å². The molecule has 0 spiro atoms. The first-order valence-corrected chi connectivity index (χ1v) is 16.1. The average Bonchev–Trinajstić information content (AvgIpc) is 3.03. The van der Waals surface area contributed by atoms with Crippen LogP contribution in [0.1, 0.15) is 72.3 Å². The Hall–Kier alpha value is -4.85. The number of nitrogens with one attached hydrogen (secondary N) is 5. The van der Waals surface area contributed by atoms with Crippen molar-refractivity contribution in [3.63, 3.8) is 0 Å². The molecule has 2 rings (SSSR count). The maximum Gasteiger partial charge on any atom is 0.303 e. The Bertz CT molecular complexity index is 1470. The summed E-state index contributed by atoms with van der Waals surface area (Å²) in [6.45, 7) is 8.47. The molecule has 0 unspecified atom stereocenters. The van der Waals surface area contributed by atoms with Gasteiger partial charge in [0.05, 0.1) is 12.1 Å². The van der Waals surface area contributed by atoms with Crippen molar-refractivity contribution in [2.45, 2.75) is 109 Å². The van der Waals surface area contributed by atoms with Crippen molar-refractivity contribution in [3.05, 3.63) is 48.0 Å². The Balaban J connectivity index is 2.39. The van der Waals surface area contributed by atoms with Gasteiger partial charge in [0.15, 0.2) is 5.78 Å². The van der Waals surface area contributed by atoms with Crippen LogP contribution in [0.25, 0.3) is 10.8 Å². The number of aliphatic carboxylic acids is 1. The predicted octanol–water partition coefficient (Wildman–Crippen LogP) is 0.837. The van der Waals surface area contributed by atoms with E-state index in [-0.39, 0.29) is 43.9 Å². The monoisotopic (exact) mass is 668 g/mol. The largest absolute Gasteiger partial charge is 0.481 e. The molecule has 0 radical (unpaired) electrons. The molecule has 2 aromatic carbocycles. The van der Waals surface area contributed by atoms with E-state index in [1.807, 2.05) is 50.2 Å². The van der Waals surface area contributed by atoms with E-state index in [2.05, 4.69) is 26.6 Å². The molecule has 14 nitrogen and oxygen atoms in total. The molecule has 48 heavy (non-hydrogen) atoms. The predicted molar refractivity (Wildman–Crippen MR) is 179 cm³/mol. The first kappa shape index (κ1) is 39.3. The molecule has 14 heteroatoms. The lowest BCUT2D eigenvalue weighted by Crippen LogP contribution is -2.59. The van der Waals surface area contributed by atoms with E-state index in [0.29, 0.717) is 0 Å². The molecular formula is C34H48N6O8. The highest BCUT2D eigenvalue weighted by molar-refractivity contribution is 5.97. The first-order chi connectivity index (χ1) is 22.6. The van der Waals surface area contributed by atoms with Gasteiger partial charge in [0.2, 0.25) is 29.5 Å². The molecule has 0 aliphatic carbocycles. The van der Waals surface area contributed by atoms with E-state index in [1.54, 1.807) is 19.9 Å². The molecule has 5 amide bonds. The maximum absolute atomic E-state index is 13.7. The summed E-state index contributed by atoms with van der Waals surface area (Å²) in [5, 5.41) is 24.5. The summed E-state index contributed by atoms with van der Waals surface area (Å²) in [5.41, 5.74) is 6.02. The molecule has 0 aromatic heterocycles. The summed E-state index contributed by atoms with van der Waals surface area (Å²) in [7, 11) is 0. The molecule has 8 N–H and O–H groups in total. The van der Waals surface area contributed by atoms with Gasteiger partial charge in [0, 0.05) is 31.7 Å². The van der Waals surface area contributed by atoms with Crippen LogP contribution in [0.2, 0.25) is 0 Å². The number of carbonyl (C=O) groups is 7. The third-order valence-corrected chi connectivity index (χ3v) is 7.70. The number of amides is 5. The van der Waals surface area contributed by atoms with Crippen LogP contribution in [0.4, 0.5) is 0 Å². The number of carboxylic acids is 1. The third-order valence-electron chi connectivity index (χ3n) is 7.70. The molecule has 0 aliphatic rings. The van der Waals surface area contributed by atoms with Gasteiger partial charge in [0.25, 0.3) is 0 Å². The van der Waals surface area contributed by atoms with Crippen LogP contribution in [0.5, 0.6) is 0 Å². The Kier molecular flexibility index (Phi) is 15.6. The number of fused-ring (bicyclic) bond motifs is 1. The number of ketones is 1. The number of hydrogen-bond donors (Lipinski definition) is 7. The molecule has 0 saturated carbocycles. The van der Waals surface area contributed by atoms with Crippen molar-refractivity contribution < 1.29 is 38.7 Å². The zero-order valence-electron chi connectivity index (χ0n) is 28.1. The lowest BCUT2D eigenvalue weighted by Gasteiger charge is -2.27. The molecule has 0 fully saturated rings. The molecule has 2 aromatic rings. The number of carboxylic acid groups (broad SMARTS) is 1. The fourth-order valence-corrected chi connectivity index (χ4v) is 5.11. The van der Waals surface area contributed by atoms with Crippen molar-refractivity contribution in [3.8, 4) is 0 Å². The van der Waals surface area contributed by atoms with Gasteiger partial charge >= 0.3 is 5.97 Å². The van der Waals surface area contributed by atoms with Crippen LogP contribution >= 0.6 is 0 Å². The minimum absolute atomic E-state index is 0.0175. The fourth-order valence-electron chi connectivity index (χ4n) is 5.11. The van der Waals surface area contributed by atoms with E-state index in [0.717, 1.165) is 16.3 Å². The summed E-state index contributed by atoms with van der Waals surface area (Å²) in [4.78, 5) is 88.8. The number of hydrogen-bond acceptors (Lipinski definition) is 8. The summed E-state index contributed by atoms with van der Waals surface area (Å²) < 4.78 is 0. The summed E-state index contributed by atoms with van der Waals surface area (Å²) >= 11 is 0. The molecule has 262 valence electrons. The van der Waals surface area contributed by atoms with E-state index >= 15 is 0 Å². The van der Waals surface area contributed by atoms with Crippen molar-refractivity contribution in [1.29, 1.82) is 0 Å². The summed E-state index contributed by atoms with van der Waals surface area (Å²) in [6.07, 6.45) is -1.08. The van der Waals surface area contributed by atoms with Crippen molar-refractivity contribution >= 4 is 52.1 Å². The van der Waals surface area contributed by atoms with Gasteiger partial charge < -0.3 is 37.4 Å². The topological polar surface area (TPSA) is 226 Å². The second-order valence-corrected chi connectivity index (χ2v) is 12.1. The zero-order valence-corrected chi connectivity index (χ0v) is 28.1.